The van der Waals surface area contributed by atoms with Gasteiger partial charge in [0.15, 0.2) is 0 Å². The second kappa shape index (κ2) is 9.57. The molecule has 0 aromatic heterocycles. The van der Waals surface area contributed by atoms with Crippen molar-refractivity contribution < 1.29 is 19.1 Å². The summed E-state index contributed by atoms with van der Waals surface area (Å²) in [6, 6.07) is 13.2. The van der Waals surface area contributed by atoms with Gasteiger partial charge >= 0.3 is 5.97 Å². The number of benzene rings is 2. The van der Waals surface area contributed by atoms with Gasteiger partial charge in [0.2, 0.25) is 5.91 Å². The predicted molar refractivity (Wildman–Crippen MR) is 106 cm³/mol. The molecule has 0 heterocycles. The van der Waals surface area contributed by atoms with Crippen LogP contribution in [0.15, 0.2) is 48.5 Å². The Kier molecular flexibility index (Phi) is 7.17. The largest absolute Gasteiger partial charge is 0.496 e. The summed E-state index contributed by atoms with van der Waals surface area (Å²) in [5.41, 5.74) is 3.33. The number of amides is 1. The highest BCUT2D eigenvalue weighted by atomic mass is 16.5. The van der Waals surface area contributed by atoms with Crippen molar-refractivity contribution in [3.05, 3.63) is 70.8 Å². The molecule has 0 saturated carbocycles. The van der Waals surface area contributed by atoms with Crippen LogP contribution in [0.25, 0.3) is 6.08 Å². The first-order valence-electron chi connectivity index (χ1n) is 8.75. The van der Waals surface area contributed by atoms with Gasteiger partial charge in [0, 0.05) is 12.6 Å². The molecule has 27 heavy (non-hydrogen) atoms. The van der Waals surface area contributed by atoms with Crippen LogP contribution in [0.3, 0.4) is 0 Å². The van der Waals surface area contributed by atoms with Gasteiger partial charge in [-0.25, -0.2) is 4.79 Å². The Balaban J connectivity index is 1.97. The first-order chi connectivity index (χ1) is 12.9. The van der Waals surface area contributed by atoms with Crippen molar-refractivity contribution in [2.45, 2.75) is 26.3 Å². The molecule has 0 radical (unpaired) electrons. The number of esters is 1. The lowest BCUT2D eigenvalue weighted by atomic mass is 10.0. The van der Waals surface area contributed by atoms with Gasteiger partial charge in [0.05, 0.1) is 14.2 Å². The molecule has 1 amide bonds. The summed E-state index contributed by atoms with van der Waals surface area (Å²) in [4.78, 5) is 23.9. The lowest BCUT2D eigenvalue weighted by Crippen LogP contribution is -2.20. The fraction of sp³-hybridized carbons (Fsp3) is 0.273. The topological polar surface area (TPSA) is 64.6 Å². The van der Waals surface area contributed by atoms with Crippen LogP contribution in [-0.2, 0) is 16.1 Å². The van der Waals surface area contributed by atoms with Crippen molar-refractivity contribution in [3.8, 4) is 5.75 Å². The van der Waals surface area contributed by atoms with Crippen LogP contribution in [0.1, 0.15) is 46.8 Å². The lowest BCUT2D eigenvalue weighted by molar-refractivity contribution is -0.116. The molecule has 0 atom stereocenters. The van der Waals surface area contributed by atoms with Gasteiger partial charge in [0.1, 0.15) is 11.3 Å². The highest BCUT2D eigenvalue weighted by Crippen LogP contribution is 2.21. The van der Waals surface area contributed by atoms with Crippen molar-refractivity contribution in [1.29, 1.82) is 0 Å². The average molecular weight is 367 g/mol. The van der Waals surface area contributed by atoms with Crippen LogP contribution in [-0.4, -0.2) is 26.1 Å². The first kappa shape index (κ1) is 20.2. The number of hydrogen-bond donors (Lipinski definition) is 1. The maximum Gasteiger partial charge on any atom is 0.341 e. The van der Waals surface area contributed by atoms with Crippen LogP contribution in [0, 0.1) is 0 Å². The Labute approximate surface area is 160 Å². The van der Waals surface area contributed by atoms with E-state index < -0.39 is 5.97 Å². The van der Waals surface area contributed by atoms with E-state index in [-0.39, 0.29) is 5.91 Å². The zero-order chi connectivity index (χ0) is 19.8. The van der Waals surface area contributed by atoms with Crippen LogP contribution in [0.5, 0.6) is 5.75 Å². The molecule has 2 aromatic rings. The van der Waals surface area contributed by atoms with Crippen molar-refractivity contribution in [1.82, 2.24) is 5.32 Å². The fourth-order valence-corrected chi connectivity index (χ4v) is 2.55. The molecule has 0 unspecified atom stereocenters. The van der Waals surface area contributed by atoms with E-state index in [2.05, 4.69) is 31.3 Å². The molecular formula is C22H25NO4. The normalized spacial score (nSPS) is 10.9. The lowest BCUT2D eigenvalue weighted by Gasteiger charge is -2.09. The molecule has 0 aliphatic heterocycles. The molecule has 5 heteroatoms. The quantitative estimate of drug-likeness (QED) is 0.595. The Hall–Kier alpha value is -3.08. The number of rotatable bonds is 7. The van der Waals surface area contributed by atoms with Crippen LogP contribution >= 0.6 is 0 Å². The molecule has 0 bridgehead atoms. The Morgan fingerprint density at radius 3 is 2.37 bits per heavy atom. The van der Waals surface area contributed by atoms with Gasteiger partial charge in [0.25, 0.3) is 0 Å². The van der Waals surface area contributed by atoms with Crippen LogP contribution in [0.4, 0.5) is 0 Å². The second-order valence-corrected chi connectivity index (χ2v) is 6.40. The van der Waals surface area contributed by atoms with Crippen molar-refractivity contribution >= 4 is 18.0 Å². The fourth-order valence-electron chi connectivity index (χ4n) is 2.55. The van der Waals surface area contributed by atoms with E-state index in [0.717, 1.165) is 11.1 Å². The van der Waals surface area contributed by atoms with Crippen molar-refractivity contribution in [2.75, 3.05) is 14.2 Å². The number of methoxy groups -OCH3 is 2. The third kappa shape index (κ3) is 5.71. The maximum absolute atomic E-state index is 12.0. The second-order valence-electron chi connectivity index (χ2n) is 6.40. The van der Waals surface area contributed by atoms with Gasteiger partial charge in [-0.05, 0) is 40.8 Å². The molecule has 0 saturated heterocycles. The zero-order valence-corrected chi connectivity index (χ0v) is 16.1. The van der Waals surface area contributed by atoms with E-state index in [1.54, 1.807) is 24.3 Å². The minimum absolute atomic E-state index is 0.210. The summed E-state index contributed by atoms with van der Waals surface area (Å²) in [6.07, 6.45) is 3.27. The van der Waals surface area contributed by atoms with Gasteiger partial charge in [-0.3, -0.25) is 4.79 Å². The van der Waals surface area contributed by atoms with Gasteiger partial charge in [-0.15, -0.1) is 0 Å². The average Bonchev–Trinajstić information content (AvgIpc) is 2.70. The number of carbonyl (C=O) groups excluding carboxylic acids is 2. The smallest absolute Gasteiger partial charge is 0.341 e. The Morgan fingerprint density at radius 1 is 1.07 bits per heavy atom. The Bertz CT molecular complexity index is 823. The predicted octanol–water partition coefficient (Wildman–Crippen LogP) is 3.93. The van der Waals surface area contributed by atoms with Gasteiger partial charge < -0.3 is 14.8 Å². The third-order valence-electron chi connectivity index (χ3n) is 4.17. The minimum atomic E-state index is -0.482. The SMILES string of the molecule is COC(=O)c1cc(CNC(=O)/C=C/c2ccc(C(C)C)cc2)ccc1OC. The van der Waals surface area contributed by atoms with E-state index >= 15 is 0 Å². The number of carbonyl (C=O) groups is 2. The molecule has 2 rings (SSSR count). The van der Waals surface area contributed by atoms with E-state index in [0.29, 0.717) is 23.8 Å². The summed E-state index contributed by atoms with van der Waals surface area (Å²) < 4.78 is 9.91. The summed E-state index contributed by atoms with van der Waals surface area (Å²) in [5.74, 6) is 0.218. The van der Waals surface area contributed by atoms with E-state index in [9.17, 15) is 9.59 Å². The van der Waals surface area contributed by atoms with E-state index in [1.165, 1.54) is 25.9 Å². The standard InChI is InChI=1S/C22H25NO4/c1-15(2)18-9-5-16(6-10-18)8-12-21(24)23-14-17-7-11-20(26-3)19(13-17)22(25)27-4/h5-13,15H,14H2,1-4H3,(H,23,24)/b12-8+. The summed E-state index contributed by atoms with van der Waals surface area (Å²) in [7, 11) is 2.80. The molecule has 1 N–H and O–H groups in total. The molecule has 0 spiro atoms. The molecule has 0 aliphatic carbocycles. The molecule has 5 nitrogen and oxygen atoms in total. The van der Waals surface area contributed by atoms with Crippen molar-refractivity contribution in [2.24, 2.45) is 0 Å². The molecular weight excluding hydrogens is 342 g/mol. The summed E-state index contributed by atoms with van der Waals surface area (Å²) >= 11 is 0. The molecule has 142 valence electrons. The molecule has 2 aromatic carbocycles. The van der Waals surface area contributed by atoms with Gasteiger partial charge in [-0.2, -0.15) is 0 Å². The van der Waals surface area contributed by atoms with Gasteiger partial charge in [-0.1, -0.05) is 44.2 Å². The number of hydrogen-bond acceptors (Lipinski definition) is 4. The maximum atomic E-state index is 12.0. The minimum Gasteiger partial charge on any atom is -0.496 e. The molecule has 0 aliphatic rings. The van der Waals surface area contributed by atoms with E-state index in [1.807, 2.05) is 12.1 Å². The highest BCUT2D eigenvalue weighted by Gasteiger charge is 2.13. The Morgan fingerprint density at radius 2 is 1.78 bits per heavy atom. The zero-order valence-electron chi connectivity index (χ0n) is 16.1. The summed E-state index contributed by atoms with van der Waals surface area (Å²) in [6.45, 7) is 4.58. The number of ether oxygens (including phenoxy) is 2. The van der Waals surface area contributed by atoms with Crippen molar-refractivity contribution in [3.63, 3.8) is 0 Å². The summed E-state index contributed by atoms with van der Waals surface area (Å²) in [5, 5.41) is 2.80. The third-order valence-corrected chi connectivity index (χ3v) is 4.17. The monoisotopic (exact) mass is 367 g/mol. The van der Waals surface area contributed by atoms with Crippen LogP contribution in [0.2, 0.25) is 0 Å². The molecule has 0 fully saturated rings. The highest BCUT2D eigenvalue weighted by molar-refractivity contribution is 5.93. The van der Waals surface area contributed by atoms with E-state index in [4.69, 9.17) is 9.47 Å². The first-order valence-corrected chi connectivity index (χ1v) is 8.75. The van der Waals surface area contributed by atoms with Crippen LogP contribution < -0.4 is 10.1 Å². The number of nitrogens with one attached hydrogen (secondary N) is 1.